The second kappa shape index (κ2) is 13.1. The van der Waals surface area contributed by atoms with Gasteiger partial charge in [0.1, 0.15) is 11.5 Å². The zero-order valence-electron chi connectivity index (χ0n) is 18.7. The molecule has 2 aromatic rings. The summed E-state index contributed by atoms with van der Waals surface area (Å²) in [6.45, 7) is 12.7. The Hall–Kier alpha value is -2.31. The van der Waals surface area contributed by atoms with Crippen molar-refractivity contribution in [2.24, 2.45) is 0 Å². The molecular weight excluding hydrogens is 394 g/mol. The Morgan fingerprint density at radius 3 is 2.20 bits per heavy atom. The van der Waals surface area contributed by atoms with E-state index in [1.165, 1.54) is 0 Å². The molecule has 30 heavy (non-hydrogen) atoms. The van der Waals surface area contributed by atoms with Crippen LogP contribution < -0.4 is 20.1 Å². The van der Waals surface area contributed by atoms with Crippen LogP contribution in [0.4, 0.5) is 11.4 Å². The smallest absolute Gasteiger partial charge is 0.175 e. The Kier molecular flexibility index (Phi) is 10.5. The van der Waals surface area contributed by atoms with Crippen LogP contribution >= 0.6 is 12.2 Å². The second-order valence-corrected chi connectivity index (χ2v) is 7.43. The molecular formula is C24H35N3O2S. The minimum absolute atomic E-state index is 0.549. The molecule has 0 atom stereocenters. The standard InChI is InChI=1S/C24H35N3O2S/c1-5-9-16-29-22-13-10-20(11-14-22)25-24(30)26-21-12-15-23(28-8-4)19(17-21)18-27(6-2)7-3/h10-15,17H,5-9,16,18H2,1-4H3,(H2,25,26,30). The van der Waals surface area contributed by atoms with Gasteiger partial charge in [0.15, 0.2) is 5.11 Å². The third kappa shape index (κ3) is 7.84. The number of nitrogens with one attached hydrogen (secondary N) is 2. The van der Waals surface area contributed by atoms with E-state index in [-0.39, 0.29) is 0 Å². The topological polar surface area (TPSA) is 45.8 Å². The third-order valence-electron chi connectivity index (χ3n) is 4.79. The van der Waals surface area contributed by atoms with Crippen molar-refractivity contribution in [1.29, 1.82) is 0 Å². The molecule has 0 unspecified atom stereocenters. The summed E-state index contributed by atoms with van der Waals surface area (Å²) in [6.07, 6.45) is 2.19. The molecule has 0 saturated heterocycles. The van der Waals surface area contributed by atoms with Crippen molar-refractivity contribution in [2.45, 2.75) is 47.1 Å². The van der Waals surface area contributed by atoms with E-state index in [1.807, 2.05) is 43.3 Å². The monoisotopic (exact) mass is 429 g/mol. The van der Waals surface area contributed by atoms with Crippen LogP contribution in [0.3, 0.4) is 0 Å². The summed E-state index contributed by atoms with van der Waals surface area (Å²) in [5, 5.41) is 7.06. The molecule has 2 N–H and O–H groups in total. The second-order valence-electron chi connectivity index (χ2n) is 7.02. The van der Waals surface area contributed by atoms with Crippen molar-refractivity contribution in [3.05, 3.63) is 48.0 Å². The largest absolute Gasteiger partial charge is 0.494 e. The van der Waals surface area contributed by atoms with Gasteiger partial charge in [-0.05, 0) is 81.1 Å². The van der Waals surface area contributed by atoms with Gasteiger partial charge in [-0.15, -0.1) is 0 Å². The van der Waals surface area contributed by atoms with Gasteiger partial charge in [0.25, 0.3) is 0 Å². The summed E-state index contributed by atoms with van der Waals surface area (Å²) < 4.78 is 11.5. The molecule has 0 aliphatic heterocycles. The van der Waals surface area contributed by atoms with Crippen molar-refractivity contribution in [1.82, 2.24) is 4.90 Å². The van der Waals surface area contributed by atoms with Crippen LogP contribution in [0.2, 0.25) is 0 Å². The lowest BCUT2D eigenvalue weighted by atomic mass is 10.1. The maximum absolute atomic E-state index is 5.81. The fraction of sp³-hybridized carbons (Fsp3) is 0.458. The van der Waals surface area contributed by atoms with Crippen LogP contribution in [0.1, 0.15) is 46.1 Å². The molecule has 0 amide bonds. The Labute approximate surface area is 186 Å². The van der Waals surface area contributed by atoms with Gasteiger partial charge >= 0.3 is 0 Å². The minimum atomic E-state index is 0.549. The van der Waals surface area contributed by atoms with Gasteiger partial charge in [-0.1, -0.05) is 27.2 Å². The highest BCUT2D eigenvalue weighted by atomic mass is 32.1. The van der Waals surface area contributed by atoms with Crippen molar-refractivity contribution < 1.29 is 9.47 Å². The lowest BCUT2D eigenvalue weighted by Gasteiger charge is -2.21. The normalized spacial score (nSPS) is 10.7. The SMILES string of the molecule is CCCCOc1ccc(NC(=S)Nc2ccc(OCC)c(CN(CC)CC)c2)cc1. The Morgan fingerprint density at radius 2 is 1.57 bits per heavy atom. The number of rotatable bonds is 12. The van der Waals surface area contributed by atoms with Crippen LogP contribution in [0, 0.1) is 0 Å². The fourth-order valence-electron chi connectivity index (χ4n) is 3.03. The number of anilines is 2. The summed E-state index contributed by atoms with van der Waals surface area (Å²) in [5.74, 6) is 1.80. The Balaban J connectivity index is 1.99. The lowest BCUT2D eigenvalue weighted by molar-refractivity contribution is 0.282. The molecule has 0 heterocycles. The number of thiocarbonyl (C=S) groups is 1. The van der Waals surface area contributed by atoms with E-state index in [1.54, 1.807) is 0 Å². The molecule has 0 fully saturated rings. The number of hydrogen-bond acceptors (Lipinski definition) is 4. The number of nitrogens with zero attached hydrogens (tertiary/aromatic N) is 1. The van der Waals surface area contributed by atoms with E-state index in [0.29, 0.717) is 11.7 Å². The maximum atomic E-state index is 5.81. The van der Waals surface area contributed by atoms with Crippen molar-refractivity contribution in [2.75, 3.05) is 36.9 Å². The van der Waals surface area contributed by atoms with E-state index in [2.05, 4.69) is 42.4 Å². The summed E-state index contributed by atoms with van der Waals surface area (Å²) >= 11 is 5.50. The summed E-state index contributed by atoms with van der Waals surface area (Å²) in [6, 6.07) is 14.0. The molecule has 0 aromatic heterocycles. The first-order chi connectivity index (χ1) is 14.6. The molecule has 0 aliphatic carbocycles. The predicted octanol–water partition coefficient (Wildman–Crippen LogP) is 5.91. The van der Waals surface area contributed by atoms with Gasteiger partial charge < -0.3 is 20.1 Å². The third-order valence-corrected chi connectivity index (χ3v) is 4.99. The quantitative estimate of drug-likeness (QED) is 0.323. The number of unbranched alkanes of at least 4 members (excludes halogenated alkanes) is 1. The van der Waals surface area contributed by atoms with E-state index in [0.717, 1.165) is 67.5 Å². The zero-order valence-corrected chi connectivity index (χ0v) is 19.5. The summed E-state index contributed by atoms with van der Waals surface area (Å²) in [4.78, 5) is 2.36. The summed E-state index contributed by atoms with van der Waals surface area (Å²) in [5.41, 5.74) is 3.02. The average Bonchev–Trinajstić information content (AvgIpc) is 2.75. The molecule has 0 aliphatic rings. The maximum Gasteiger partial charge on any atom is 0.175 e. The highest BCUT2D eigenvalue weighted by Gasteiger charge is 2.10. The molecule has 0 spiro atoms. The molecule has 2 rings (SSSR count). The van der Waals surface area contributed by atoms with E-state index in [4.69, 9.17) is 21.7 Å². The molecule has 6 heteroatoms. The van der Waals surface area contributed by atoms with Gasteiger partial charge in [-0.2, -0.15) is 0 Å². The van der Waals surface area contributed by atoms with Crippen LogP contribution in [0.15, 0.2) is 42.5 Å². The van der Waals surface area contributed by atoms with Crippen LogP contribution in [-0.4, -0.2) is 36.3 Å². The van der Waals surface area contributed by atoms with Gasteiger partial charge in [-0.25, -0.2) is 0 Å². The van der Waals surface area contributed by atoms with Crippen LogP contribution in [0.5, 0.6) is 11.5 Å². The molecule has 164 valence electrons. The van der Waals surface area contributed by atoms with Gasteiger partial charge in [0.05, 0.1) is 13.2 Å². The molecule has 2 aromatic carbocycles. The van der Waals surface area contributed by atoms with Crippen LogP contribution in [0.25, 0.3) is 0 Å². The highest BCUT2D eigenvalue weighted by molar-refractivity contribution is 7.80. The molecule has 5 nitrogen and oxygen atoms in total. The van der Waals surface area contributed by atoms with Crippen molar-refractivity contribution in [3.8, 4) is 11.5 Å². The van der Waals surface area contributed by atoms with E-state index >= 15 is 0 Å². The molecule has 0 radical (unpaired) electrons. The zero-order chi connectivity index (χ0) is 21.8. The van der Waals surface area contributed by atoms with Gasteiger partial charge in [0, 0.05) is 23.5 Å². The van der Waals surface area contributed by atoms with E-state index < -0.39 is 0 Å². The number of benzene rings is 2. The fourth-order valence-corrected chi connectivity index (χ4v) is 3.26. The number of hydrogen-bond donors (Lipinski definition) is 2. The van der Waals surface area contributed by atoms with Crippen LogP contribution in [-0.2, 0) is 6.54 Å². The number of ether oxygens (including phenoxy) is 2. The van der Waals surface area contributed by atoms with Gasteiger partial charge in [-0.3, -0.25) is 4.90 Å². The van der Waals surface area contributed by atoms with Crippen molar-refractivity contribution in [3.63, 3.8) is 0 Å². The molecule has 0 saturated carbocycles. The highest BCUT2D eigenvalue weighted by Crippen LogP contribution is 2.25. The predicted molar refractivity (Wildman–Crippen MR) is 131 cm³/mol. The average molecular weight is 430 g/mol. The lowest BCUT2D eigenvalue weighted by Crippen LogP contribution is -2.23. The Morgan fingerprint density at radius 1 is 0.900 bits per heavy atom. The van der Waals surface area contributed by atoms with Gasteiger partial charge in [0.2, 0.25) is 0 Å². The summed E-state index contributed by atoms with van der Waals surface area (Å²) in [7, 11) is 0. The Bertz CT molecular complexity index is 777. The minimum Gasteiger partial charge on any atom is -0.494 e. The van der Waals surface area contributed by atoms with E-state index in [9.17, 15) is 0 Å². The first-order valence-corrected chi connectivity index (χ1v) is 11.3. The first kappa shape index (κ1) is 24.0. The first-order valence-electron chi connectivity index (χ1n) is 10.9. The molecule has 0 bridgehead atoms. The van der Waals surface area contributed by atoms with Crippen molar-refractivity contribution >= 4 is 28.7 Å².